The van der Waals surface area contributed by atoms with Crippen molar-refractivity contribution in [2.75, 3.05) is 6.61 Å². The van der Waals surface area contributed by atoms with E-state index in [0.29, 0.717) is 17.2 Å². The van der Waals surface area contributed by atoms with Crippen LogP contribution in [-0.2, 0) is 16.1 Å². The molecule has 0 fully saturated rings. The van der Waals surface area contributed by atoms with Crippen molar-refractivity contribution >= 4 is 39.3 Å². The van der Waals surface area contributed by atoms with Crippen LogP contribution < -0.4 is 10.1 Å². The van der Waals surface area contributed by atoms with Gasteiger partial charge in [-0.25, -0.2) is 0 Å². The van der Waals surface area contributed by atoms with E-state index in [1.165, 1.54) is 4.90 Å². The lowest BCUT2D eigenvalue weighted by Gasteiger charge is -2.31. The first-order valence-electron chi connectivity index (χ1n) is 9.53. The Morgan fingerprint density at radius 1 is 1.14 bits per heavy atom. The fraction of sp³-hybridized carbons (Fsp3) is 0.364. The van der Waals surface area contributed by atoms with Gasteiger partial charge in [0.25, 0.3) is 5.91 Å². The van der Waals surface area contributed by atoms with Crippen LogP contribution in [0.2, 0.25) is 5.02 Å². The molecule has 2 aromatic carbocycles. The highest BCUT2D eigenvalue weighted by Crippen LogP contribution is 2.21. The Kier molecular flexibility index (Phi) is 8.99. The molecule has 2 amide bonds. The first-order chi connectivity index (χ1) is 13.8. The van der Waals surface area contributed by atoms with E-state index < -0.39 is 6.04 Å². The summed E-state index contributed by atoms with van der Waals surface area (Å²) in [7, 11) is 0. The van der Waals surface area contributed by atoms with Crippen LogP contribution in [0.5, 0.6) is 5.75 Å². The highest BCUT2D eigenvalue weighted by molar-refractivity contribution is 9.10. The third-order valence-electron chi connectivity index (χ3n) is 4.29. The maximum Gasteiger partial charge on any atom is 0.261 e. The summed E-state index contributed by atoms with van der Waals surface area (Å²) < 4.78 is 6.57. The lowest BCUT2D eigenvalue weighted by molar-refractivity contribution is -0.143. The molecule has 0 bridgehead atoms. The number of hydrogen-bond acceptors (Lipinski definition) is 3. The van der Waals surface area contributed by atoms with Gasteiger partial charge in [0.15, 0.2) is 6.61 Å². The maximum atomic E-state index is 13.1. The van der Waals surface area contributed by atoms with Gasteiger partial charge in [-0.05, 0) is 56.2 Å². The molecule has 0 heterocycles. The minimum absolute atomic E-state index is 0.0205. The van der Waals surface area contributed by atoms with Gasteiger partial charge in [-0.1, -0.05) is 52.7 Å². The van der Waals surface area contributed by atoms with E-state index in [2.05, 4.69) is 21.2 Å². The molecule has 156 valence electrons. The minimum Gasteiger partial charge on any atom is -0.484 e. The van der Waals surface area contributed by atoms with Crippen LogP contribution in [0.3, 0.4) is 0 Å². The van der Waals surface area contributed by atoms with Crippen LogP contribution in [0.25, 0.3) is 0 Å². The van der Waals surface area contributed by atoms with Gasteiger partial charge in [0.2, 0.25) is 5.91 Å². The van der Waals surface area contributed by atoms with Crippen molar-refractivity contribution in [2.24, 2.45) is 0 Å². The summed E-state index contributed by atoms with van der Waals surface area (Å²) in [6.45, 7) is 5.72. The van der Waals surface area contributed by atoms with Gasteiger partial charge in [0.05, 0.1) is 0 Å². The number of carbonyl (C=O) groups excluding carboxylic acids is 2. The molecule has 0 unspecified atom stereocenters. The van der Waals surface area contributed by atoms with Gasteiger partial charge in [-0.3, -0.25) is 9.59 Å². The topological polar surface area (TPSA) is 58.6 Å². The Morgan fingerprint density at radius 2 is 1.79 bits per heavy atom. The van der Waals surface area contributed by atoms with E-state index >= 15 is 0 Å². The van der Waals surface area contributed by atoms with Gasteiger partial charge in [-0.2, -0.15) is 0 Å². The number of nitrogens with zero attached hydrogens (tertiary/aromatic N) is 1. The molecular formula is C22H26BrClN2O3. The summed E-state index contributed by atoms with van der Waals surface area (Å²) in [6, 6.07) is 13.9. The monoisotopic (exact) mass is 480 g/mol. The molecule has 0 saturated carbocycles. The van der Waals surface area contributed by atoms with Crippen molar-refractivity contribution in [1.82, 2.24) is 10.2 Å². The van der Waals surface area contributed by atoms with Gasteiger partial charge < -0.3 is 15.0 Å². The summed E-state index contributed by atoms with van der Waals surface area (Å²) >= 11 is 9.67. The van der Waals surface area contributed by atoms with Crippen molar-refractivity contribution < 1.29 is 14.3 Å². The van der Waals surface area contributed by atoms with Crippen molar-refractivity contribution in [3.8, 4) is 5.75 Å². The number of hydrogen-bond donors (Lipinski definition) is 1. The summed E-state index contributed by atoms with van der Waals surface area (Å²) in [5.41, 5.74) is 0.780. The summed E-state index contributed by atoms with van der Waals surface area (Å²) in [6.07, 6.45) is 0.479. The lowest BCUT2D eigenvalue weighted by Crippen LogP contribution is -2.51. The van der Waals surface area contributed by atoms with Crippen LogP contribution in [0.15, 0.2) is 53.0 Å². The fourth-order valence-corrected chi connectivity index (χ4v) is 3.33. The van der Waals surface area contributed by atoms with Crippen molar-refractivity contribution in [2.45, 2.75) is 45.8 Å². The van der Waals surface area contributed by atoms with E-state index in [4.69, 9.17) is 16.3 Å². The third-order valence-corrected chi connectivity index (χ3v) is 5.19. The molecule has 0 aromatic heterocycles. The second kappa shape index (κ2) is 11.2. The molecule has 5 nitrogen and oxygen atoms in total. The molecule has 0 aliphatic rings. The van der Waals surface area contributed by atoms with E-state index in [0.717, 1.165) is 10.0 Å². The SMILES string of the molecule is CC[C@@H](C(=O)NC(C)C)N(Cc1ccccc1Cl)C(=O)COc1ccc(Br)cc1. The van der Waals surface area contributed by atoms with E-state index in [1.54, 1.807) is 18.2 Å². The number of benzene rings is 2. The predicted molar refractivity (Wildman–Crippen MR) is 119 cm³/mol. The molecule has 1 N–H and O–H groups in total. The van der Waals surface area contributed by atoms with Crippen LogP contribution in [0.4, 0.5) is 0 Å². The summed E-state index contributed by atoms with van der Waals surface area (Å²) in [4.78, 5) is 27.3. The smallest absolute Gasteiger partial charge is 0.261 e. The first-order valence-corrected chi connectivity index (χ1v) is 10.7. The average Bonchev–Trinajstić information content (AvgIpc) is 2.68. The Hall–Kier alpha value is -2.05. The second-order valence-electron chi connectivity index (χ2n) is 6.94. The highest BCUT2D eigenvalue weighted by atomic mass is 79.9. The molecule has 2 rings (SSSR count). The Labute approximate surface area is 185 Å². The van der Waals surface area contributed by atoms with Gasteiger partial charge in [-0.15, -0.1) is 0 Å². The van der Waals surface area contributed by atoms with Gasteiger partial charge >= 0.3 is 0 Å². The van der Waals surface area contributed by atoms with E-state index in [-0.39, 0.29) is 31.0 Å². The first kappa shape index (κ1) is 23.2. The van der Waals surface area contributed by atoms with Crippen molar-refractivity contribution in [3.05, 3.63) is 63.6 Å². The molecule has 0 aliphatic carbocycles. The average molecular weight is 482 g/mol. The molecule has 0 spiro atoms. The van der Waals surface area contributed by atoms with E-state index in [9.17, 15) is 9.59 Å². The number of carbonyl (C=O) groups is 2. The summed E-state index contributed by atoms with van der Waals surface area (Å²) in [5, 5.41) is 3.45. The van der Waals surface area contributed by atoms with Gasteiger partial charge in [0, 0.05) is 22.1 Å². The second-order valence-corrected chi connectivity index (χ2v) is 8.27. The number of nitrogens with one attached hydrogen (secondary N) is 1. The molecule has 7 heteroatoms. The third kappa shape index (κ3) is 7.05. The number of amides is 2. The largest absolute Gasteiger partial charge is 0.484 e. The Morgan fingerprint density at radius 3 is 2.38 bits per heavy atom. The van der Waals surface area contributed by atoms with Crippen LogP contribution in [-0.4, -0.2) is 35.4 Å². The van der Waals surface area contributed by atoms with E-state index in [1.807, 2.05) is 51.1 Å². The van der Waals surface area contributed by atoms with Crippen molar-refractivity contribution in [3.63, 3.8) is 0 Å². The predicted octanol–water partition coefficient (Wildman–Crippen LogP) is 4.81. The molecule has 29 heavy (non-hydrogen) atoms. The Balaban J connectivity index is 2.21. The molecule has 0 aliphatic heterocycles. The molecule has 0 saturated heterocycles. The highest BCUT2D eigenvalue weighted by Gasteiger charge is 2.29. The fourth-order valence-electron chi connectivity index (χ4n) is 2.87. The normalized spacial score (nSPS) is 11.8. The van der Waals surface area contributed by atoms with Crippen LogP contribution in [0, 0.1) is 0 Å². The molecular weight excluding hydrogens is 456 g/mol. The lowest BCUT2D eigenvalue weighted by atomic mass is 10.1. The number of ether oxygens (including phenoxy) is 1. The summed E-state index contributed by atoms with van der Waals surface area (Å²) in [5.74, 6) is 0.115. The molecule has 0 radical (unpaired) electrons. The van der Waals surface area contributed by atoms with Crippen molar-refractivity contribution in [1.29, 1.82) is 0 Å². The number of rotatable bonds is 9. The standard InChI is InChI=1S/C22H26BrClN2O3/c1-4-20(22(28)25-15(2)3)26(13-16-7-5-6-8-19(16)24)21(27)14-29-18-11-9-17(23)10-12-18/h5-12,15,20H,4,13-14H2,1-3H3,(H,25,28)/t20-/m0/s1. The zero-order chi connectivity index (χ0) is 21.4. The molecule has 2 aromatic rings. The zero-order valence-electron chi connectivity index (χ0n) is 16.8. The quantitative estimate of drug-likeness (QED) is 0.559. The van der Waals surface area contributed by atoms with Crippen LogP contribution >= 0.6 is 27.5 Å². The minimum atomic E-state index is -0.616. The van der Waals surface area contributed by atoms with Gasteiger partial charge in [0.1, 0.15) is 11.8 Å². The number of halogens is 2. The molecule has 1 atom stereocenters. The van der Waals surface area contributed by atoms with Crippen LogP contribution in [0.1, 0.15) is 32.8 Å². The Bertz CT molecular complexity index is 827. The zero-order valence-corrected chi connectivity index (χ0v) is 19.2. The maximum absolute atomic E-state index is 13.1.